The molecule has 0 radical (unpaired) electrons. The number of nitrogens with zero attached hydrogens (tertiary/aromatic N) is 1. The molecular formula is C7H8NO3P. The average Bonchev–Trinajstić information content (AvgIpc) is 1.96. The number of aromatic hydroxyl groups is 1. The Kier molecular flexibility index (Phi) is 2.29. The number of nitro benzene ring substituents is 1. The predicted molar refractivity (Wildman–Crippen MR) is 48.8 cm³/mol. The van der Waals surface area contributed by atoms with Crippen LogP contribution in [0.3, 0.4) is 0 Å². The second-order valence-electron chi connectivity index (χ2n) is 2.45. The summed E-state index contributed by atoms with van der Waals surface area (Å²) in [4.78, 5) is 9.71. The molecular weight excluding hydrogens is 177 g/mol. The van der Waals surface area contributed by atoms with Gasteiger partial charge in [0.25, 0.3) is 0 Å². The van der Waals surface area contributed by atoms with Gasteiger partial charge in [0.05, 0.1) is 4.92 Å². The Morgan fingerprint density at radius 1 is 1.58 bits per heavy atom. The summed E-state index contributed by atoms with van der Waals surface area (Å²) in [6.45, 7) is 1.77. The zero-order valence-corrected chi connectivity index (χ0v) is 7.60. The molecule has 0 aliphatic heterocycles. The quantitative estimate of drug-likeness (QED) is 0.405. The predicted octanol–water partition coefficient (Wildman–Crippen LogP) is 1.11. The summed E-state index contributed by atoms with van der Waals surface area (Å²) in [5, 5.41) is 20.2. The zero-order chi connectivity index (χ0) is 9.30. The van der Waals surface area contributed by atoms with Gasteiger partial charge in [0.15, 0.2) is 5.75 Å². The van der Waals surface area contributed by atoms with E-state index in [1.54, 1.807) is 6.92 Å². The van der Waals surface area contributed by atoms with Crippen molar-refractivity contribution in [1.82, 2.24) is 0 Å². The van der Waals surface area contributed by atoms with Crippen molar-refractivity contribution in [3.63, 3.8) is 0 Å². The SMILES string of the molecule is Cc1cc(O)c([N+](=O)[O-])cc1P. The molecule has 64 valence electrons. The lowest BCUT2D eigenvalue weighted by atomic mass is 10.2. The fraction of sp³-hybridized carbons (Fsp3) is 0.143. The van der Waals surface area contributed by atoms with Crippen LogP contribution in [0.25, 0.3) is 0 Å². The monoisotopic (exact) mass is 185 g/mol. The third kappa shape index (κ3) is 1.53. The molecule has 0 aromatic heterocycles. The van der Waals surface area contributed by atoms with Crippen LogP contribution in [0.1, 0.15) is 5.56 Å². The van der Waals surface area contributed by atoms with Gasteiger partial charge in [0.2, 0.25) is 0 Å². The van der Waals surface area contributed by atoms with Crippen LogP contribution in [0.15, 0.2) is 12.1 Å². The standard InChI is InChI=1S/C7H8NO3P/c1-4-2-6(9)5(8(10)11)3-7(4)12/h2-3,9H,12H2,1H3. The van der Waals surface area contributed by atoms with E-state index in [1.165, 1.54) is 12.1 Å². The molecule has 0 amide bonds. The Bertz CT molecular complexity index is 338. The van der Waals surface area contributed by atoms with Gasteiger partial charge in [0, 0.05) is 6.07 Å². The molecule has 0 heterocycles. The highest BCUT2D eigenvalue weighted by molar-refractivity contribution is 7.27. The van der Waals surface area contributed by atoms with Crippen molar-refractivity contribution in [3.05, 3.63) is 27.8 Å². The van der Waals surface area contributed by atoms with Gasteiger partial charge in [-0.15, -0.1) is 9.24 Å². The Morgan fingerprint density at radius 2 is 2.17 bits per heavy atom. The molecule has 0 fully saturated rings. The van der Waals surface area contributed by atoms with Gasteiger partial charge in [0.1, 0.15) is 0 Å². The van der Waals surface area contributed by atoms with E-state index in [0.29, 0.717) is 0 Å². The fourth-order valence-electron chi connectivity index (χ4n) is 0.844. The molecule has 12 heavy (non-hydrogen) atoms. The minimum atomic E-state index is -0.609. The molecule has 1 atom stereocenters. The number of rotatable bonds is 1. The molecule has 1 N–H and O–H groups in total. The van der Waals surface area contributed by atoms with E-state index in [-0.39, 0.29) is 11.4 Å². The second kappa shape index (κ2) is 3.07. The normalized spacial score (nSPS) is 9.83. The first-order valence-corrected chi connectivity index (χ1v) is 3.83. The van der Waals surface area contributed by atoms with Gasteiger partial charge in [-0.05, 0) is 23.9 Å². The molecule has 1 aromatic rings. The number of aryl methyl sites for hydroxylation is 1. The van der Waals surface area contributed by atoms with E-state index < -0.39 is 4.92 Å². The maximum Gasteiger partial charge on any atom is 0.311 e. The number of nitro groups is 1. The number of phenols is 1. The van der Waals surface area contributed by atoms with Gasteiger partial charge in [-0.2, -0.15) is 0 Å². The van der Waals surface area contributed by atoms with E-state index in [9.17, 15) is 10.1 Å². The van der Waals surface area contributed by atoms with Gasteiger partial charge < -0.3 is 5.11 Å². The maximum absolute atomic E-state index is 10.3. The molecule has 5 heteroatoms. The van der Waals surface area contributed by atoms with E-state index in [4.69, 9.17) is 5.11 Å². The van der Waals surface area contributed by atoms with Crippen molar-refractivity contribution in [3.8, 4) is 5.75 Å². The first kappa shape index (κ1) is 8.94. The van der Waals surface area contributed by atoms with Crippen LogP contribution in [0.2, 0.25) is 0 Å². The Hall–Kier alpha value is -1.15. The summed E-state index contributed by atoms with van der Waals surface area (Å²) in [5.74, 6) is -0.288. The van der Waals surface area contributed by atoms with E-state index in [1.807, 2.05) is 0 Å². The molecule has 0 saturated carbocycles. The van der Waals surface area contributed by atoms with Crippen LogP contribution >= 0.6 is 9.24 Å². The average molecular weight is 185 g/mol. The summed E-state index contributed by atoms with van der Waals surface area (Å²) in [6, 6.07) is 2.70. The molecule has 0 bridgehead atoms. The van der Waals surface area contributed by atoms with Crippen molar-refractivity contribution in [2.45, 2.75) is 6.92 Å². The van der Waals surface area contributed by atoms with E-state index >= 15 is 0 Å². The number of benzene rings is 1. The second-order valence-corrected chi connectivity index (χ2v) is 3.08. The summed E-state index contributed by atoms with van der Waals surface area (Å²) < 4.78 is 0. The molecule has 0 saturated heterocycles. The third-order valence-electron chi connectivity index (χ3n) is 1.56. The van der Waals surface area contributed by atoms with Crippen LogP contribution in [0.5, 0.6) is 5.75 Å². The van der Waals surface area contributed by atoms with Crippen LogP contribution in [0.4, 0.5) is 5.69 Å². The summed E-state index contributed by atoms with van der Waals surface area (Å²) in [6.07, 6.45) is 0. The molecule has 1 aromatic carbocycles. The minimum absolute atomic E-state index is 0.259. The lowest BCUT2D eigenvalue weighted by Gasteiger charge is -2.00. The molecule has 4 nitrogen and oxygen atoms in total. The fourth-order valence-corrected chi connectivity index (χ4v) is 1.08. The van der Waals surface area contributed by atoms with Gasteiger partial charge in [-0.1, -0.05) is 0 Å². The van der Waals surface area contributed by atoms with Crippen LogP contribution in [-0.4, -0.2) is 10.0 Å². The largest absolute Gasteiger partial charge is 0.502 e. The summed E-state index contributed by atoms with van der Waals surface area (Å²) in [7, 11) is 2.37. The molecule has 0 aliphatic rings. The number of hydrogen-bond donors (Lipinski definition) is 1. The molecule has 0 spiro atoms. The molecule has 1 unspecified atom stereocenters. The van der Waals surface area contributed by atoms with Crippen LogP contribution < -0.4 is 5.30 Å². The van der Waals surface area contributed by atoms with Crippen molar-refractivity contribution in [1.29, 1.82) is 0 Å². The van der Waals surface area contributed by atoms with Crippen molar-refractivity contribution >= 4 is 20.2 Å². The van der Waals surface area contributed by atoms with Gasteiger partial charge >= 0.3 is 5.69 Å². The number of hydrogen-bond acceptors (Lipinski definition) is 3. The summed E-state index contributed by atoms with van der Waals surface area (Å²) in [5.41, 5.74) is 0.550. The van der Waals surface area contributed by atoms with E-state index in [2.05, 4.69) is 9.24 Å². The molecule has 1 rings (SSSR count). The first-order valence-electron chi connectivity index (χ1n) is 3.26. The smallest absolute Gasteiger partial charge is 0.311 e. The highest BCUT2D eigenvalue weighted by atomic mass is 31.0. The number of phenolic OH excluding ortho intramolecular Hbond substituents is 1. The highest BCUT2D eigenvalue weighted by Crippen LogP contribution is 2.25. The molecule has 0 aliphatic carbocycles. The van der Waals surface area contributed by atoms with Crippen molar-refractivity contribution < 1.29 is 10.0 Å². The van der Waals surface area contributed by atoms with Crippen molar-refractivity contribution in [2.24, 2.45) is 0 Å². The lowest BCUT2D eigenvalue weighted by Crippen LogP contribution is -1.99. The first-order chi connectivity index (χ1) is 5.52. The zero-order valence-electron chi connectivity index (χ0n) is 6.44. The Labute approximate surface area is 71.6 Å². The Balaban J connectivity index is 3.33. The lowest BCUT2D eigenvalue weighted by molar-refractivity contribution is -0.385. The topological polar surface area (TPSA) is 63.4 Å². The minimum Gasteiger partial charge on any atom is -0.502 e. The van der Waals surface area contributed by atoms with Crippen molar-refractivity contribution in [2.75, 3.05) is 0 Å². The van der Waals surface area contributed by atoms with Gasteiger partial charge in [-0.3, -0.25) is 10.1 Å². The third-order valence-corrected chi connectivity index (χ3v) is 2.18. The maximum atomic E-state index is 10.3. The van der Waals surface area contributed by atoms with Crippen LogP contribution in [0, 0.1) is 17.0 Å². The summed E-state index contributed by atoms with van der Waals surface area (Å²) >= 11 is 0. The van der Waals surface area contributed by atoms with Crippen LogP contribution in [-0.2, 0) is 0 Å². The van der Waals surface area contributed by atoms with E-state index in [0.717, 1.165) is 10.9 Å². The highest BCUT2D eigenvalue weighted by Gasteiger charge is 2.13. The van der Waals surface area contributed by atoms with Gasteiger partial charge in [-0.25, -0.2) is 0 Å². The Morgan fingerprint density at radius 3 is 2.67 bits per heavy atom.